The Bertz CT molecular complexity index is 520. The number of benzene rings is 1. The Morgan fingerprint density at radius 3 is 2.79 bits per heavy atom. The van der Waals surface area contributed by atoms with E-state index in [9.17, 15) is 19.3 Å². The molecule has 6 nitrogen and oxygen atoms in total. The summed E-state index contributed by atoms with van der Waals surface area (Å²) in [5, 5.41) is 19.7. The van der Waals surface area contributed by atoms with Gasteiger partial charge in [-0.3, -0.25) is 10.1 Å². The average Bonchev–Trinajstić information content (AvgIpc) is 2.38. The first-order valence-electron chi connectivity index (χ1n) is 5.94. The Hall–Kier alpha value is -2.18. The van der Waals surface area contributed by atoms with Crippen LogP contribution in [0.5, 0.6) is 0 Å². The molecule has 1 heterocycles. The number of nitro groups is 1. The molecule has 2 rings (SSSR count). The largest absolute Gasteiger partial charge is 0.480 e. The summed E-state index contributed by atoms with van der Waals surface area (Å²) < 4.78 is 13.9. The van der Waals surface area contributed by atoms with Crippen molar-refractivity contribution in [3.8, 4) is 0 Å². The first-order valence-corrected chi connectivity index (χ1v) is 5.94. The molecule has 7 heteroatoms. The summed E-state index contributed by atoms with van der Waals surface area (Å²) in [5.74, 6) is -1.76. The number of nitro benzene ring substituents is 1. The van der Waals surface area contributed by atoms with Gasteiger partial charge in [-0.1, -0.05) is 0 Å². The molecule has 1 atom stereocenters. The number of hydrogen-bond acceptors (Lipinski definition) is 4. The van der Waals surface area contributed by atoms with Gasteiger partial charge >= 0.3 is 5.97 Å². The van der Waals surface area contributed by atoms with Gasteiger partial charge in [0.25, 0.3) is 5.69 Å². The minimum Gasteiger partial charge on any atom is -0.480 e. The standard InChI is InChI=1S/C12H13FN2O4/c13-9-7-8(15(18)19)4-5-10(9)14-6-2-1-3-11(14)12(16)17/h4-5,7,11H,1-3,6H2,(H,16,17). The summed E-state index contributed by atoms with van der Waals surface area (Å²) in [6.45, 7) is 0.436. The minimum absolute atomic E-state index is 0.109. The van der Waals surface area contributed by atoms with Crippen molar-refractivity contribution in [1.82, 2.24) is 0 Å². The maximum atomic E-state index is 13.9. The van der Waals surface area contributed by atoms with Crippen LogP contribution in [0, 0.1) is 15.9 Å². The van der Waals surface area contributed by atoms with Crippen LogP contribution < -0.4 is 4.90 Å². The third-order valence-electron chi connectivity index (χ3n) is 3.24. The van der Waals surface area contributed by atoms with Gasteiger partial charge in [-0.2, -0.15) is 0 Å². The molecular weight excluding hydrogens is 255 g/mol. The van der Waals surface area contributed by atoms with Gasteiger partial charge < -0.3 is 10.0 Å². The summed E-state index contributed by atoms with van der Waals surface area (Å²) in [6, 6.07) is 2.51. The Labute approximate surface area is 108 Å². The van der Waals surface area contributed by atoms with E-state index in [2.05, 4.69) is 0 Å². The molecule has 1 saturated heterocycles. The molecule has 0 aliphatic carbocycles. The van der Waals surface area contributed by atoms with E-state index >= 15 is 0 Å². The summed E-state index contributed by atoms with van der Waals surface area (Å²) in [6.07, 6.45) is 2.01. The second-order valence-electron chi connectivity index (χ2n) is 4.44. The maximum absolute atomic E-state index is 13.9. The lowest BCUT2D eigenvalue weighted by Crippen LogP contribution is -2.45. The van der Waals surface area contributed by atoms with Gasteiger partial charge in [-0.25, -0.2) is 9.18 Å². The number of hydrogen-bond donors (Lipinski definition) is 1. The van der Waals surface area contributed by atoms with Gasteiger partial charge in [0, 0.05) is 12.6 Å². The van der Waals surface area contributed by atoms with Gasteiger partial charge in [0.1, 0.15) is 6.04 Å². The van der Waals surface area contributed by atoms with Crippen LogP contribution in [0.25, 0.3) is 0 Å². The van der Waals surface area contributed by atoms with Gasteiger partial charge in [0.2, 0.25) is 0 Å². The van der Waals surface area contributed by atoms with Crippen LogP contribution in [0.3, 0.4) is 0 Å². The number of rotatable bonds is 3. The molecule has 0 radical (unpaired) electrons. The smallest absolute Gasteiger partial charge is 0.326 e. The molecule has 0 amide bonds. The van der Waals surface area contributed by atoms with Gasteiger partial charge in [0.15, 0.2) is 5.82 Å². The number of carboxylic acid groups (broad SMARTS) is 1. The molecule has 1 aromatic carbocycles. The zero-order valence-corrected chi connectivity index (χ0v) is 10.1. The number of aliphatic carboxylic acids is 1. The van der Waals surface area contributed by atoms with Crippen molar-refractivity contribution in [2.75, 3.05) is 11.4 Å². The van der Waals surface area contributed by atoms with E-state index in [4.69, 9.17) is 5.11 Å². The second kappa shape index (κ2) is 5.21. The van der Waals surface area contributed by atoms with E-state index in [-0.39, 0.29) is 11.4 Å². The first kappa shape index (κ1) is 13.3. The molecule has 1 aliphatic rings. The average molecular weight is 268 g/mol. The number of anilines is 1. The van der Waals surface area contributed by atoms with Crippen LogP contribution in [-0.4, -0.2) is 28.6 Å². The highest BCUT2D eigenvalue weighted by Crippen LogP contribution is 2.29. The predicted molar refractivity (Wildman–Crippen MR) is 65.7 cm³/mol. The van der Waals surface area contributed by atoms with E-state index in [0.717, 1.165) is 18.9 Å². The molecular formula is C12H13FN2O4. The predicted octanol–water partition coefficient (Wildman–Crippen LogP) is 2.18. The number of carboxylic acids is 1. The fourth-order valence-corrected chi connectivity index (χ4v) is 2.32. The second-order valence-corrected chi connectivity index (χ2v) is 4.44. The third-order valence-corrected chi connectivity index (χ3v) is 3.24. The van der Waals surface area contributed by atoms with Crippen molar-refractivity contribution >= 4 is 17.3 Å². The molecule has 19 heavy (non-hydrogen) atoms. The molecule has 0 spiro atoms. The van der Waals surface area contributed by atoms with Crippen molar-refractivity contribution in [2.24, 2.45) is 0 Å². The Kier molecular flexibility index (Phi) is 3.64. The van der Waals surface area contributed by atoms with Crippen LogP contribution in [-0.2, 0) is 4.79 Å². The highest BCUT2D eigenvalue weighted by Gasteiger charge is 2.30. The zero-order chi connectivity index (χ0) is 14.0. The van der Waals surface area contributed by atoms with E-state index in [1.54, 1.807) is 0 Å². The van der Waals surface area contributed by atoms with E-state index in [0.29, 0.717) is 13.0 Å². The van der Waals surface area contributed by atoms with E-state index < -0.39 is 22.8 Å². The fourth-order valence-electron chi connectivity index (χ4n) is 2.32. The van der Waals surface area contributed by atoms with Crippen LogP contribution in [0.4, 0.5) is 15.8 Å². The van der Waals surface area contributed by atoms with Crippen LogP contribution in [0.2, 0.25) is 0 Å². The van der Waals surface area contributed by atoms with Crippen molar-refractivity contribution < 1.29 is 19.2 Å². The summed E-state index contributed by atoms with van der Waals surface area (Å²) in [5.41, 5.74) is -0.233. The summed E-state index contributed by atoms with van der Waals surface area (Å²) in [7, 11) is 0. The molecule has 1 fully saturated rings. The normalized spacial score (nSPS) is 19.2. The lowest BCUT2D eigenvalue weighted by Gasteiger charge is -2.34. The molecule has 1 aliphatic heterocycles. The lowest BCUT2D eigenvalue weighted by molar-refractivity contribution is -0.385. The molecule has 0 saturated carbocycles. The highest BCUT2D eigenvalue weighted by atomic mass is 19.1. The zero-order valence-electron chi connectivity index (χ0n) is 10.1. The number of halogens is 1. The minimum atomic E-state index is -1.00. The topological polar surface area (TPSA) is 83.7 Å². The van der Waals surface area contributed by atoms with Crippen molar-refractivity contribution in [3.63, 3.8) is 0 Å². The quantitative estimate of drug-likeness (QED) is 0.671. The summed E-state index contributed by atoms with van der Waals surface area (Å²) >= 11 is 0. The highest BCUT2D eigenvalue weighted by molar-refractivity contribution is 5.78. The monoisotopic (exact) mass is 268 g/mol. The van der Waals surface area contributed by atoms with Crippen molar-refractivity contribution in [3.05, 3.63) is 34.1 Å². The number of non-ortho nitro benzene ring substituents is 1. The number of piperidine rings is 1. The van der Waals surface area contributed by atoms with Gasteiger partial charge in [-0.15, -0.1) is 0 Å². The van der Waals surface area contributed by atoms with Crippen LogP contribution in [0.15, 0.2) is 18.2 Å². The third kappa shape index (κ3) is 2.64. The van der Waals surface area contributed by atoms with Crippen molar-refractivity contribution in [1.29, 1.82) is 0 Å². The molecule has 1 N–H and O–H groups in total. The molecule has 1 unspecified atom stereocenters. The molecule has 102 valence electrons. The maximum Gasteiger partial charge on any atom is 0.326 e. The number of nitrogens with zero attached hydrogens (tertiary/aromatic N) is 2. The fraction of sp³-hybridized carbons (Fsp3) is 0.417. The van der Waals surface area contributed by atoms with Crippen LogP contribution in [0.1, 0.15) is 19.3 Å². The Morgan fingerprint density at radius 2 is 2.21 bits per heavy atom. The SMILES string of the molecule is O=C(O)C1CCCCN1c1ccc([N+](=O)[O-])cc1F. The Morgan fingerprint density at radius 1 is 1.47 bits per heavy atom. The van der Waals surface area contributed by atoms with Gasteiger partial charge in [-0.05, 0) is 25.3 Å². The molecule has 0 bridgehead atoms. The van der Waals surface area contributed by atoms with E-state index in [1.807, 2.05) is 0 Å². The Balaban J connectivity index is 2.34. The lowest BCUT2D eigenvalue weighted by atomic mass is 10.0. The first-order chi connectivity index (χ1) is 9.00. The summed E-state index contributed by atoms with van der Waals surface area (Å²) in [4.78, 5) is 22.5. The number of carbonyl (C=O) groups is 1. The van der Waals surface area contributed by atoms with Crippen LogP contribution >= 0.6 is 0 Å². The van der Waals surface area contributed by atoms with E-state index in [1.165, 1.54) is 17.0 Å². The molecule has 1 aromatic rings. The molecule has 0 aromatic heterocycles. The van der Waals surface area contributed by atoms with Crippen molar-refractivity contribution in [2.45, 2.75) is 25.3 Å². The van der Waals surface area contributed by atoms with Gasteiger partial charge in [0.05, 0.1) is 16.7 Å².